The average molecular weight is 491 g/mol. The van der Waals surface area contributed by atoms with Gasteiger partial charge in [0.05, 0.1) is 6.42 Å². The molecule has 4 rings (SSSR count). The molecule has 2 aliphatic rings. The van der Waals surface area contributed by atoms with Gasteiger partial charge in [-0.2, -0.15) is 0 Å². The van der Waals surface area contributed by atoms with E-state index in [1.807, 2.05) is 0 Å². The average Bonchev–Trinajstić information content (AvgIpc) is 3.40. The number of unbranched alkanes of at least 4 members (excludes halogenated alkanes) is 5. The Labute approximate surface area is 213 Å². The molecule has 188 valence electrons. The second-order valence-corrected chi connectivity index (χ2v) is 15.6. The van der Waals surface area contributed by atoms with Crippen molar-refractivity contribution in [2.24, 2.45) is 11.8 Å². The van der Waals surface area contributed by atoms with Crippen LogP contribution in [0, 0.1) is 11.8 Å². The summed E-state index contributed by atoms with van der Waals surface area (Å²) in [6, 6.07) is 21.8. The van der Waals surface area contributed by atoms with E-state index in [1.54, 1.807) is 0 Å². The minimum absolute atomic E-state index is 0.0189. The Hall–Kier alpha value is -2.17. The normalized spacial score (nSPS) is 21.8. The monoisotopic (exact) mass is 490 g/mol. The van der Waals surface area contributed by atoms with Crippen molar-refractivity contribution in [2.75, 3.05) is 6.61 Å². The van der Waals surface area contributed by atoms with Gasteiger partial charge in [-0.3, -0.25) is 4.79 Å². The van der Waals surface area contributed by atoms with Gasteiger partial charge in [-0.05, 0) is 40.2 Å². The summed E-state index contributed by atoms with van der Waals surface area (Å²) in [6.45, 7) is 7.84. The van der Waals surface area contributed by atoms with Crippen LogP contribution in [0.15, 0.2) is 72.8 Å². The van der Waals surface area contributed by atoms with Crippen LogP contribution in [-0.4, -0.2) is 27.0 Å². The first-order valence-corrected chi connectivity index (χ1v) is 15.5. The van der Waals surface area contributed by atoms with E-state index < -0.39 is 8.32 Å². The summed E-state index contributed by atoms with van der Waals surface area (Å²) in [6.07, 6.45) is 13.6. The molecule has 1 fully saturated rings. The van der Waals surface area contributed by atoms with Crippen molar-refractivity contribution >= 4 is 24.7 Å². The van der Waals surface area contributed by atoms with E-state index in [1.165, 1.54) is 48.9 Å². The molecule has 0 bridgehead atoms. The highest BCUT2D eigenvalue weighted by molar-refractivity contribution is 6.99. The Morgan fingerprint density at radius 1 is 0.829 bits per heavy atom. The number of benzene rings is 2. The van der Waals surface area contributed by atoms with Gasteiger partial charge in [0.25, 0.3) is 8.32 Å². The Balaban J connectivity index is 1.23. The minimum atomic E-state index is -2.40. The number of carbonyl (C=O) groups is 1. The summed E-state index contributed by atoms with van der Waals surface area (Å²) in [4.78, 5) is 11.5. The molecule has 35 heavy (non-hydrogen) atoms. The predicted octanol–water partition coefficient (Wildman–Crippen LogP) is 6.41. The number of hydrogen-bond donors (Lipinski definition) is 0. The summed E-state index contributed by atoms with van der Waals surface area (Å²) < 4.78 is 12.4. The summed E-state index contributed by atoms with van der Waals surface area (Å²) in [5.74, 6) is 0.919. The first-order chi connectivity index (χ1) is 16.9. The molecule has 0 amide bonds. The number of carbonyl (C=O) groups excluding carboxylic acids is 1. The number of fused-ring (bicyclic) bond motifs is 1. The van der Waals surface area contributed by atoms with Gasteiger partial charge >= 0.3 is 5.97 Å². The Morgan fingerprint density at radius 3 is 2.00 bits per heavy atom. The molecule has 0 radical (unpaired) electrons. The van der Waals surface area contributed by atoms with E-state index in [0.29, 0.717) is 18.3 Å². The van der Waals surface area contributed by atoms with E-state index in [2.05, 4.69) is 93.6 Å². The van der Waals surface area contributed by atoms with Crippen molar-refractivity contribution in [1.29, 1.82) is 0 Å². The van der Waals surface area contributed by atoms with Crippen LogP contribution in [0.25, 0.3) is 0 Å². The van der Waals surface area contributed by atoms with Gasteiger partial charge in [-0.1, -0.05) is 120 Å². The molecule has 1 aliphatic heterocycles. The van der Waals surface area contributed by atoms with Gasteiger partial charge < -0.3 is 9.16 Å². The van der Waals surface area contributed by atoms with Crippen LogP contribution in [0.4, 0.5) is 0 Å². The second kappa shape index (κ2) is 11.7. The molecular weight excluding hydrogens is 448 g/mol. The molecule has 1 heterocycles. The molecule has 2 aromatic rings. The van der Waals surface area contributed by atoms with Crippen LogP contribution in [0.2, 0.25) is 5.04 Å². The standard InChI is InChI=1S/C31H42O3Si/c1-31(2,3)35(26-17-11-8-12-18-26,27-19-13-9-14-20-27)33-23-15-7-5-4-6-10-16-25-21-22-29-28(25)24-30(32)34-29/h8-9,11-14,17-22,25,28-29H,4-7,10,15-16,23-24H2,1-3H3/t25-,28+,29-/m0/s1. The van der Waals surface area contributed by atoms with Crippen molar-refractivity contribution in [3.8, 4) is 0 Å². The first-order valence-electron chi connectivity index (χ1n) is 13.5. The molecule has 3 nitrogen and oxygen atoms in total. The van der Waals surface area contributed by atoms with Crippen molar-refractivity contribution < 1.29 is 14.0 Å². The summed E-state index contributed by atoms with van der Waals surface area (Å²) in [5, 5.41) is 2.76. The highest BCUT2D eigenvalue weighted by Gasteiger charge is 2.50. The molecule has 0 N–H and O–H groups in total. The quantitative estimate of drug-likeness (QED) is 0.149. The SMILES string of the molecule is CC(C)(C)[Si](OCCCCCCCC[C@H]1C=C[C@@H]2OC(=O)C[C@H]12)(c1ccccc1)c1ccccc1. The zero-order chi connectivity index (χ0) is 24.7. The molecule has 3 atom stereocenters. The first kappa shape index (κ1) is 25.9. The lowest BCUT2D eigenvalue weighted by Crippen LogP contribution is -2.66. The summed E-state index contributed by atoms with van der Waals surface area (Å²) in [5.41, 5.74) is 0. The minimum Gasteiger partial charge on any atom is -0.458 e. The summed E-state index contributed by atoms with van der Waals surface area (Å²) >= 11 is 0. The maximum Gasteiger partial charge on any atom is 0.306 e. The molecule has 2 aromatic carbocycles. The number of esters is 1. The van der Waals surface area contributed by atoms with E-state index >= 15 is 0 Å². The number of ether oxygens (including phenoxy) is 1. The van der Waals surface area contributed by atoms with E-state index in [4.69, 9.17) is 9.16 Å². The van der Waals surface area contributed by atoms with Gasteiger partial charge in [-0.15, -0.1) is 0 Å². The van der Waals surface area contributed by atoms with Crippen LogP contribution in [0.1, 0.15) is 72.1 Å². The molecule has 0 unspecified atom stereocenters. The van der Waals surface area contributed by atoms with E-state index in [0.717, 1.165) is 13.0 Å². The van der Waals surface area contributed by atoms with Gasteiger partial charge in [0.15, 0.2) is 0 Å². The zero-order valence-electron chi connectivity index (χ0n) is 21.7. The summed E-state index contributed by atoms with van der Waals surface area (Å²) in [7, 11) is -2.40. The predicted molar refractivity (Wildman–Crippen MR) is 147 cm³/mol. The van der Waals surface area contributed by atoms with Crippen LogP contribution < -0.4 is 10.4 Å². The Kier molecular flexibility index (Phi) is 8.67. The highest BCUT2D eigenvalue weighted by Crippen LogP contribution is 2.39. The second-order valence-electron chi connectivity index (χ2n) is 11.3. The van der Waals surface area contributed by atoms with Crippen molar-refractivity contribution in [3.63, 3.8) is 0 Å². The molecule has 0 aromatic heterocycles. The zero-order valence-corrected chi connectivity index (χ0v) is 22.7. The Morgan fingerprint density at radius 2 is 1.40 bits per heavy atom. The lowest BCUT2D eigenvalue weighted by atomic mass is 9.88. The number of rotatable bonds is 12. The highest BCUT2D eigenvalue weighted by atomic mass is 28.4. The fraction of sp³-hybridized carbons (Fsp3) is 0.516. The van der Waals surface area contributed by atoms with Crippen LogP contribution in [0.5, 0.6) is 0 Å². The molecular formula is C31H42O3Si. The maximum atomic E-state index is 11.5. The molecule has 4 heteroatoms. The number of hydrogen-bond acceptors (Lipinski definition) is 3. The van der Waals surface area contributed by atoms with Gasteiger partial charge in [0.1, 0.15) is 6.10 Å². The van der Waals surface area contributed by atoms with Gasteiger partial charge in [0, 0.05) is 12.5 Å². The van der Waals surface area contributed by atoms with Gasteiger partial charge in [-0.25, -0.2) is 0 Å². The van der Waals surface area contributed by atoms with Crippen molar-refractivity contribution in [3.05, 3.63) is 72.8 Å². The van der Waals surface area contributed by atoms with Crippen molar-refractivity contribution in [2.45, 2.75) is 83.3 Å². The van der Waals surface area contributed by atoms with Gasteiger partial charge in [0.2, 0.25) is 0 Å². The fourth-order valence-corrected chi connectivity index (χ4v) is 10.7. The van der Waals surface area contributed by atoms with Crippen LogP contribution in [-0.2, 0) is 14.0 Å². The smallest absolute Gasteiger partial charge is 0.306 e. The van der Waals surface area contributed by atoms with Crippen LogP contribution in [0.3, 0.4) is 0 Å². The lowest BCUT2D eigenvalue weighted by molar-refractivity contribution is -0.140. The fourth-order valence-electron chi connectivity index (χ4n) is 6.05. The lowest BCUT2D eigenvalue weighted by Gasteiger charge is -2.43. The maximum absolute atomic E-state index is 11.5. The van der Waals surface area contributed by atoms with E-state index in [9.17, 15) is 4.79 Å². The van der Waals surface area contributed by atoms with E-state index in [-0.39, 0.29) is 17.1 Å². The molecule has 0 spiro atoms. The molecule has 1 aliphatic carbocycles. The molecule has 1 saturated heterocycles. The van der Waals surface area contributed by atoms with Crippen LogP contribution >= 0.6 is 0 Å². The number of allylic oxidation sites excluding steroid dienone is 1. The Bertz CT molecular complexity index is 924. The topological polar surface area (TPSA) is 35.5 Å². The third-order valence-corrected chi connectivity index (χ3v) is 12.9. The third-order valence-electron chi connectivity index (χ3n) is 7.86. The van der Waals surface area contributed by atoms with Crippen molar-refractivity contribution in [1.82, 2.24) is 0 Å². The third kappa shape index (κ3) is 5.98. The largest absolute Gasteiger partial charge is 0.458 e. The molecule has 0 saturated carbocycles.